The number of hydrogen-bond donors (Lipinski definition) is 1. The molecule has 0 bridgehead atoms. The van der Waals surface area contributed by atoms with Crippen LogP contribution in [0, 0.1) is 18.7 Å². The second-order valence-corrected chi connectivity index (χ2v) is 7.36. The average molecular weight is 378 g/mol. The Morgan fingerprint density at radius 1 is 1.30 bits per heavy atom. The number of likely N-dealkylation sites (tertiary alicyclic amines) is 1. The van der Waals surface area contributed by atoms with Gasteiger partial charge in [-0.05, 0) is 69.0 Å². The average Bonchev–Trinajstić information content (AvgIpc) is 2.66. The smallest absolute Gasteiger partial charge is 0.236 e. The van der Waals surface area contributed by atoms with Crippen LogP contribution >= 0.6 is 0 Å². The summed E-state index contributed by atoms with van der Waals surface area (Å²) in [5.74, 6) is 0.188. The highest BCUT2D eigenvalue weighted by atomic mass is 19.1. The molecule has 1 atom stereocenters. The molecule has 5 nitrogen and oxygen atoms in total. The summed E-state index contributed by atoms with van der Waals surface area (Å²) < 4.78 is 13.2. The first kappa shape index (κ1) is 21.4. The van der Waals surface area contributed by atoms with Crippen molar-refractivity contribution in [1.29, 1.82) is 0 Å². The van der Waals surface area contributed by atoms with Crippen molar-refractivity contribution in [3.63, 3.8) is 0 Å². The van der Waals surface area contributed by atoms with E-state index in [0.29, 0.717) is 30.1 Å². The van der Waals surface area contributed by atoms with Gasteiger partial charge in [-0.15, -0.1) is 0 Å². The molecule has 1 saturated heterocycles. The van der Waals surface area contributed by atoms with E-state index in [1.807, 2.05) is 4.90 Å². The van der Waals surface area contributed by atoms with Gasteiger partial charge in [0, 0.05) is 25.2 Å². The van der Waals surface area contributed by atoms with E-state index in [2.05, 4.69) is 24.1 Å². The molecule has 27 heavy (non-hydrogen) atoms. The molecule has 6 heteroatoms. The summed E-state index contributed by atoms with van der Waals surface area (Å²) >= 11 is 0. The molecule has 0 unspecified atom stereocenters. The maximum absolute atomic E-state index is 13.2. The van der Waals surface area contributed by atoms with Crippen molar-refractivity contribution in [2.75, 3.05) is 38.0 Å². The number of halogens is 1. The second kappa shape index (κ2) is 10.4. The number of anilines is 1. The first-order chi connectivity index (χ1) is 12.9. The zero-order valence-electron chi connectivity index (χ0n) is 16.8. The van der Waals surface area contributed by atoms with Gasteiger partial charge in [-0.2, -0.15) is 0 Å². The molecule has 1 aromatic rings. The third-order valence-corrected chi connectivity index (χ3v) is 5.37. The van der Waals surface area contributed by atoms with Crippen molar-refractivity contribution in [3.05, 3.63) is 29.6 Å². The molecule has 1 aliphatic heterocycles. The third-order valence-electron chi connectivity index (χ3n) is 5.37. The van der Waals surface area contributed by atoms with Gasteiger partial charge < -0.3 is 10.2 Å². The monoisotopic (exact) mass is 377 g/mol. The molecule has 0 saturated carbocycles. The molecule has 2 amide bonds. The normalized spacial score (nSPS) is 17.2. The number of nitrogens with one attached hydrogen (secondary N) is 1. The number of carbonyl (C=O) groups is 2. The number of aryl methyl sites for hydroxylation is 1. The fourth-order valence-electron chi connectivity index (χ4n) is 3.58. The molecule has 1 aromatic carbocycles. The fourth-order valence-corrected chi connectivity index (χ4v) is 3.58. The minimum Gasteiger partial charge on any atom is -0.341 e. The van der Waals surface area contributed by atoms with E-state index in [1.165, 1.54) is 12.1 Å². The van der Waals surface area contributed by atoms with Gasteiger partial charge in [0.1, 0.15) is 5.82 Å². The van der Waals surface area contributed by atoms with Crippen molar-refractivity contribution in [2.45, 2.75) is 46.5 Å². The molecular formula is C21H32FN3O2. The van der Waals surface area contributed by atoms with Crippen LogP contribution in [0.1, 0.15) is 45.1 Å². The Morgan fingerprint density at radius 3 is 2.70 bits per heavy atom. The molecule has 1 aliphatic rings. The SMILES string of the molecule is CCN(CC)CC(=O)N1CCC[C@@H](CCC(=O)Nc2ccc(F)cc2C)C1. The van der Waals surface area contributed by atoms with Gasteiger partial charge in [0.2, 0.25) is 11.8 Å². The molecule has 0 radical (unpaired) electrons. The number of carbonyl (C=O) groups excluding carboxylic acids is 2. The summed E-state index contributed by atoms with van der Waals surface area (Å²) in [4.78, 5) is 28.8. The number of benzene rings is 1. The number of nitrogens with zero attached hydrogens (tertiary/aromatic N) is 2. The molecule has 150 valence electrons. The van der Waals surface area contributed by atoms with Gasteiger partial charge in [0.25, 0.3) is 0 Å². The Hall–Kier alpha value is -1.95. The van der Waals surface area contributed by atoms with Crippen LogP contribution in [0.25, 0.3) is 0 Å². The van der Waals surface area contributed by atoms with E-state index in [9.17, 15) is 14.0 Å². The zero-order valence-corrected chi connectivity index (χ0v) is 16.8. The van der Waals surface area contributed by atoms with Crippen molar-refractivity contribution in [2.24, 2.45) is 5.92 Å². The van der Waals surface area contributed by atoms with Crippen LogP contribution in [0.2, 0.25) is 0 Å². The Morgan fingerprint density at radius 2 is 2.04 bits per heavy atom. The zero-order chi connectivity index (χ0) is 19.8. The Balaban J connectivity index is 1.79. The fraction of sp³-hybridized carbons (Fsp3) is 0.619. The summed E-state index contributed by atoms with van der Waals surface area (Å²) in [6.07, 6.45) is 3.23. The number of rotatable bonds is 8. The Kier molecular flexibility index (Phi) is 8.23. The number of likely N-dealkylation sites (N-methyl/N-ethyl adjacent to an activating group) is 1. The minimum atomic E-state index is -0.304. The van der Waals surface area contributed by atoms with Crippen LogP contribution in [0.5, 0.6) is 0 Å². The second-order valence-electron chi connectivity index (χ2n) is 7.36. The predicted octanol–water partition coefficient (Wildman–Crippen LogP) is 3.43. The molecule has 0 aliphatic carbocycles. The van der Waals surface area contributed by atoms with Crippen molar-refractivity contribution in [1.82, 2.24) is 9.80 Å². The van der Waals surface area contributed by atoms with Crippen LogP contribution < -0.4 is 5.32 Å². The van der Waals surface area contributed by atoms with E-state index >= 15 is 0 Å². The maximum atomic E-state index is 13.2. The Bertz CT molecular complexity index is 646. The van der Waals surface area contributed by atoms with Gasteiger partial charge in [0.05, 0.1) is 6.54 Å². The minimum absolute atomic E-state index is 0.0590. The first-order valence-corrected chi connectivity index (χ1v) is 9.99. The van der Waals surface area contributed by atoms with Crippen LogP contribution in [-0.2, 0) is 9.59 Å². The molecule has 1 N–H and O–H groups in total. The van der Waals surface area contributed by atoms with Gasteiger partial charge in [-0.1, -0.05) is 13.8 Å². The predicted molar refractivity (Wildman–Crippen MR) is 106 cm³/mol. The van der Waals surface area contributed by atoms with Gasteiger partial charge >= 0.3 is 0 Å². The summed E-state index contributed by atoms with van der Waals surface area (Å²) in [7, 11) is 0. The van der Waals surface area contributed by atoms with Crippen LogP contribution in [0.3, 0.4) is 0 Å². The summed E-state index contributed by atoms with van der Waals surface area (Å²) in [6, 6.07) is 4.36. The molecular weight excluding hydrogens is 345 g/mol. The topological polar surface area (TPSA) is 52.7 Å². The molecule has 2 rings (SSSR count). The number of piperidine rings is 1. The number of amides is 2. The van der Waals surface area contributed by atoms with Crippen LogP contribution in [0.15, 0.2) is 18.2 Å². The summed E-state index contributed by atoms with van der Waals surface area (Å²) in [5, 5.41) is 2.86. The van der Waals surface area contributed by atoms with E-state index in [1.54, 1.807) is 13.0 Å². The lowest BCUT2D eigenvalue weighted by atomic mass is 9.93. The van der Waals surface area contributed by atoms with E-state index < -0.39 is 0 Å². The van der Waals surface area contributed by atoms with Crippen molar-refractivity contribution >= 4 is 17.5 Å². The first-order valence-electron chi connectivity index (χ1n) is 9.99. The lowest BCUT2D eigenvalue weighted by molar-refractivity contribution is -0.134. The highest BCUT2D eigenvalue weighted by Gasteiger charge is 2.24. The molecule has 1 fully saturated rings. The summed E-state index contributed by atoms with van der Waals surface area (Å²) in [6.45, 7) is 9.70. The standard InChI is InChI=1S/C21H32FN3O2/c1-4-24(5-2)15-21(27)25-12-6-7-17(14-25)8-11-20(26)23-19-10-9-18(22)13-16(19)3/h9-10,13,17H,4-8,11-12,14-15H2,1-3H3,(H,23,26)/t17-/m0/s1. The highest BCUT2D eigenvalue weighted by Crippen LogP contribution is 2.22. The maximum Gasteiger partial charge on any atom is 0.236 e. The van der Waals surface area contributed by atoms with Gasteiger partial charge in [-0.25, -0.2) is 4.39 Å². The Labute approximate surface area is 161 Å². The van der Waals surface area contributed by atoms with E-state index in [-0.39, 0.29) is 17.6 Å². The number of hydrogen-bond acceptors (Lipinski definition) is 3. The molecule has 1 heterocycles. The van der Waals surface area contributed by atoms with Crippen LogP contribution in [-0.4, -0.2) is 54.3 Å². The largest absolute Gasteiger partial charge is 0.341 e. The highest BCUT2D eigenvalue weighted by molar-refractivity contribution is 5.91. The molecule has 0 aromatic heterocycles. The van der Waals surface area contributed by atoms with Crippen molar-refractivity contribution < 1.29 is 14.0 Å². The quantitative estimate of drug-likeness (QED) is 0.755. The molecule has 0 spiro atoms. The summed E-state index contributed by atoms with van der Waals surface area (Å²) in [5.41, 5.74) is 1.37. The van der Waals surface area contributed by atoms with E-state index in [0.717, 1.165) is 45.4 Å². The van der Waals surface area contributed by atoms with Crippen LogP contribution in [0.4, 0.5) is 10.1 Å². The van der Waals surface area contributed by atoms with E-state index in [4.69, 9.17) is 0 Å². The van der Waals surface area contributed by atoms with Gasteiger partial charge in [-0.3, -0.25) is 14.5 Å². The lowest BCUT2D eigenvalue weighted by Crippen LogP contribution is -2.45. The third kappa shape index (κ3) is 6.61. The van der Waals surface area contributed by atoms with Gasteiger partial charge in [0.15, 0.2) is 0 Å². The van der Waals surface area contributed by atoms with Crippen molar-refractivity contribution in [3.8, 4) is 0 Å². The lowest BCUT2D eigenvalue weighted by Gasteiger charge is -2.34.